The van der Waals surface area contributed by atoms with Crippen LogP contribution >= 0.6 is 0 Å². The predicted molar refractivity (Wildman–Crippen MR) is 117 cm³/mol. The summed E-state index contributed by atoms with van der Waals surface area (Å²) < 4.78 is 13.6. The molecule has 8 heteroatoms. The van der Waals surface area contributed by atoms with Crippen LogP contribution in [0.4, 0.5) is 20.6 Å². The van der Waals surface area contributed by atoms with E-state index in [0.29, 0.717) is 11.3 Å². The first-order valence-electron chi connectivity index (χ1n) is 10.3. The predicted octanol–water partition coefficient (Wildman–Crippen LogP) is 3.24. The monoisotopic (exact) mass is 432 g/mol. The Bertz CT molecular complexity index is 1170. The van der Waals surface area contributed by atoms with Crippen molar-refractivity contribution < 1.29 is 19.1 Å². The lowest BCUT2D eigenvalue weighted by atomic mass is 9.71. The van der Waals surface area contributed by atoms with E-state index in [0.717, 1.165) is 11.3 Å². The van der Waals surface area contributed by atoms with Crippen LogP contribution in [0.5, 0.6) is 0 Å². The Labute approximate surface area is 184 Å². The van der Waals surface area contributed by atoms with E-state index in [-0.39, 0.29) is 37.1 Å². The molecule has 0 unspecified atom stereocenters. The van der Waals surface area contributed by atoms with Gasteiger partial charge in [-0.3, -0.25) is 14.7 Å². The van der Waals surface area contributed by atoms with Gasteiger partial charge in [-0.2, -0.15) is 0 Å². The summed E-state index contributed by atoms with van der Waals surface area (Å²) in [6, 6.07) is 15.5. The van der Waals surface area contributed by atoms with E-state index in [1.807, 2.05) is 24.3 Å². The number of halogens is 1. The summed E-state index contributed by atoms with van der Waals surface area (Å²) in [4.78, 5) is 33.6. The van der Waals surface area contributed by atoms with Crippen LogP contribution in [0, 0.1) is 5.82 Å². The Morgan fingerprint density at radius 1 is 1.12 bits per heavy atom. The maximum atomic E-state index is 13.6. The molecule has 3 amide bonds. The molecule has 2 aliphatic heterocycles. The Morgan fingerprint density at radius 2 is 1.97 bits per heavy atom. The van der Waals surface area contributed by atoms with Gasteiger partial charge in [0.25, 0.3) is 5.91 Å². The highest BCUT2D eigenvalue weighted by Crippen LogP contribution is 2.48. The zero-order chi connectivity index (χ0) is 22.2. The van der Waals surface area contributed by atoms with Crippen LogP contribution in [0.2, 0.25) is 0 Å². The molecule has 2 aliphatic rings. The highest BCUT2D eigenvalue weighted by Gasteiger charge is 2.55. The van der Waals surface area contributed by atoms with Gasteiger partial charge in [-0.1, -0.05) is 24.3 Å². The number of benzene rings is 2. The molecule has 2 N–H and O–H groups in total. The largest absolute Gasteiger partial charge is 0.394 e. The van der Waals surface area contributed by atoms with Gasteiger partial charge in [-0.05, 0) is 42.0 Å². The fraction of sp³-hybridized carbons (Fsp3) is 0.208. The Morgan fingerprint density at radius 3 is 2.72 bits per heavy atom. The zero-order valence-electron chi connectivity index (χ0n) is 17.1. The summed E-state index contributed by atoms with van der Waals surface area (Å²) in [6.07, 6.45) is 3.09. The minimum Gasteiger partial charge on any atom is -0.394 e. The lowest BCUT2D eigenvalue weighted by Crippen LogP contribution is -2.71. The third kappa shape index (κ3) is 3.29. The molecule has 3 heterocycles. The van der Waals surface area contributed by atoms with Crippen LogP contribution in [0.25, 0.3) is 0 Å². The maximum Gasteiger partial charge on any atom is 0.326 e. The van der Waals surface area contributed by atoms with Crippen molar-refractivity contribution in [2.75, 3.05) is 23.4 Å². The molecule has 0 aliphatic carbocycles. The van der Waals surface area contributed by atoms with E-state index < -0.39 is 11.8 Å². The van der Waals surface area contributed by atoms with Gasteiger partial charge in [0.2, 0.25) is 0 Å². The van der Waals surface area contributed by atoms with Crippen molar-refractivity contribution >= 4 is 23.3 Å². The highest BCUT2D eigenvalue weighted by atomic mass is 19.1. The third-order valence-corrected chi connectivity index (χ3v) is 6.15. The fourth-order valence-electron chi connectivity index (χ4n) is 4.75. The van der Waals surface area contributed by atoms with E-state index in [1.54, 1.807) is 34.2 Å². The van der Waals surface area contributed by atoms with Crippen molar-refractivity contribution in [3.05, 3.63) is 90.0 Å². The number of aromatic nitrogens is 1. The second-order valence-electron chi connectivity index (χ2n) is 7.91. The van der Waals surface area contributed by atoms with Gasteiger partial charge >= 0.3 is 6.03 Å². The second kappa shape index (κ2) is 8.05. The maximum absolute atomic E-state index is 13.6. The summed E-state index contributed by atoms with van der Waals surface area (Å²) in [5.41, 5.74) is 2.39. The van der Waals surface area contributed by atoms with Crippen LogP contribution in [0.1, 0.15) is 21.8 Å². The first-order valence-corrected chi connectivity index (χ1v) is 10.3. The molecule has 1 aromatic heterocycles. The number of fused-ring (bicyclic) bond motifs is 3. The molecule has 0 radical (unpaired) electrons. The highest BCUT2D eigenvalue weighted by molar-refractivity contribution is 6.03. The number of hydrogen-bond donors (Lipinski definition) is 2. The van der Waals surface area contributed by atoms with Gasteiger partial charge in [0, 0.05) is 36.2 Å². The van der Waals surface area contributed by atoms with Gasteiger partial charge in [0.15, 0.2) is 0 Å². The number of nitrogens with one attached hydrogen (secondary N) is 1. The van der Waals surface area contributed by atoms with Crippen LogP contribution in [-0.2, 0) is 0 Å². The van der Waals surface area contributed by atoms with Gasteiger partial charge in [-0.15, -0.1) is 0 Å². The van der Waals surface area contributed by atoms with Crippen LogP contribution in [0.15, 0.2) is 73.1 Å². The number of pyridine rings is 1. The van der Waals surface area contributed by atoms with E-state index in [9.17, 15) is 19.1 Å². The summed E-state index contributed by atoms with van der Waals surface area (Å²) in [5, 5.41) is 12.8. The first kappa shape index (κ1) is 20.1. The number of nitrogens with zero attached hydrogens (tertiary/aromatic N) is 3. The topological polar surface area (TPSA) is 85.8 Å². The van der Waals surface area contributed by atoms with Crippen LogP contribution < -0.4 is 10.2 Å². The van der Waals surface area contributed by atoms with Crippen molar-refractivity contribution in [2.24, 2.45) is 0 Å². The number of anilines is 2. The lowest BCUT2D eigenvalue weighted by molar-refractivity contribution is -0.0241. The number of carbonyl (C=O) groups is 2. The van der Waals surface area contributed by atoms with Gasteiger partial charge in [-0.25, -0.2) is 9.18 Å². The fourth-order valence-corrected chi connectivity index (χ4v) is 4.75. The third-order valence-electron chi connectivity index (χ3n) is 6.15. The Balaban J connectivity index is 1.47. The standard InChI is InChI=1S/C24H21FN4O3/c25-16-6-3-7-17(11-16)27-24(32)28-13-20-22(18-8-1-2-9-19(18)28)21(14-30)29(20)23(31)15-5-4-10-26-12-15/h1-12,20-22,30H,13-14H2,(H,27,32)/t20-,21+,22+/m0/s1. The van der Waals surface area contributed by atoms with E-state index in [2.05, 4.69) is 10.3 Å². The van der Waals surface area contributed by atoms with Crippen molar-refractivity contribution in [1.82, 2.24) is 9.88 Å². The summed E-state index contributed by atoms with van der Waals surface area (Å²) >= 11 is 0. The number of hydrogen-bond acceptors (Lipinski definition) is 4. The number of carbonyl (C=O) groups excluding carboxylic acids is 2. The minimum atomic E-state index is -0.445. The van der Waals surface area contributed by atoms with Gasteiger partial charge in [0.1, 0.15) is 5.82 Å². The quantitative estimate of drug-likeness (QED) is 0.665. The van der Waals surface area contributed by atoms with Crippen LogP contribution in [-0.4, -0.2) is 52.2 Å². The summed E-state index contributed by atoms with van der Waals surface area (Å²) in [6.45, 7) is 0.0717. The molecule has 0 bridgehead atoms. The summed E-state index contributed by atoms with van der Waals surface area (Å²) in [5.74, 6) is -0.766. The second-order valence-corrected chi connectivity index (χ2v) is 7.91. The number of aliphatic hydroxyl groups is 1. The van der Waals surface area contributed by atoms with Gasteiger partial charge < -0.3 is 15.3 Å². The molecule has 32 heavy (non-hydrogen) atoms. The van der Waals surface area contributed by atoms with Crippen molar-refractivity contribution in [2.45, 2.75) is 18.0 Å². The molecule has 1 fully saturated rings. The van der Waals surface area contributed by atoms with Crippen molar-refractivity contribution in [3.8, 4) is 0 Å². The number of urea groups is 1. The molecule has 1 saturated heterocycles. The Kier molecular flexibility index (Phi) is 5.07. The molecule has 5 rings (SSSR count). The average molecular weight is 432 g/mol. The van der Waals surface area contributed by atoms with E-state index in [4.69, 9.17) is 0 Å². The van der Waals surface area contributed by atoms with E-state index >= 15 is 0 Å². The molecule has 7 nitrogen and oxygen atoms in total. The number of rotatable bonds is 3. The first-order chi connectivity index (χ1) is 15.6. The Hall–Kier alpha value is -3.78. The van der Waals surface area contributed by atoms with Crippen molar-refractivity contribution in [1.29, 1.82) is 0 Å². The number of aliphatic hydroxyl groups excluding tert-OH is 1. The molecule has 2 aromatic carbocycles. The smallest absolute Gasteiger partial charge is 0.326 e. The van der Waals surface area contributed by atoms with Crippen molar-refractivity contribution in [3.63, 3.8) is 0 Å². The molecule has 162 valence electrons. The number of likely N-dealkylation sites (tertiary alicyclic amines) is 1. The number of amides is 3. The minimum absolute atomic E-state index is 0.0879. The van der Waals surface area contributed by atoms with E-state index in [1.165, 1.54) is 24.4 Å². The number of para-hydroxylation sites is 1. The summed E-state index contributed by atoms with van der Waals surface area (Å²) in [7, 11) is 0. The van der Waals surface area contributed by atoms with Crippen LogP contribution in [0.3, 0.4) is 0 Å². The SMILES string of the molecule is O=C(Nc1cccc(F)c1)N1C[C@H]2[C@@H](c3ccccc31)[C@@H](CO)N2C(=O)c1cccnc1. The normalized spacial score (nSPS) is 21.2. The zero-order valence-corrected chi connectivity index (χ0v) is 17.1. The molecule has 0 spiro atoms. The lowest BCUT2D eigenvalue weighted by Gasteiger charge is -2.58. The van der Waals surface area contributed by atoms with Gasteiger partial charge in [0.05, 0.1) is 24.3 Å². The molecule has 0 saturated carbocycles. The molecule has 3 aromatic rings. The molecular weight excluding hydrogens is 411 g/mol. The molecule has 3 atom stereocenters. The molecular formula is C24H21FN4O3. The average Bonchev–Trinajstić information content (AvgIpc) is 2.80.